The zero-order valence-corrected chi connectivity index (χ0v) is 8.00. The molecule has 0 radical (unpaired) electrons. The van der Waals surface area contributed by atoms with Crippen LogP contribution >= 0.6 is 0 Å². The van der Waals surface area contributed by atoms with E-state index in [0.717, 1.165) is 25.9 Å². The molecule has 0 saturated carbocycles. The third-order valence-corrected chi connectivity index (χ3v) is 2.49. The van der Waals surface area contributed by atoms with Crippen LogP contribution in [0.2, 0.25) is 0 Å². The summed E-state index contributed by atoms with van der Waals surface area (Å²) < 4.78 is 10.9. The summed E-state index contributed by atoms with van der Waals surface area (Å²) in [6.45, 7) is 2.45. The van der Waals surface area contributed by atoms with Gasteiger partial charge in [-0.05, 0) is 12.8 Å². The van der Waals surface area contributed by atoms with Crippen molar-refractivity contribution in [1.82, 2.24) is 0 Å². The van der Waals surface area contributed by atoms with E-state index >= 15 is 0 Å². The molecule has 1 aliphatic rings. The van der Waals surface area contributed by atoms with Gasteiger partial charge in [-0.15, -0.1) is 0 Å². The van der Waals surface area contributed by atoms with Gasteiger partial charge in [-0.25, -0.2) is 0 Å². The third kappa shape index (κ3) is 3.23. The maximum absolute atomic E-state index is 8.68. The van der Waals surface area contributed by atoms with Crippen LogP contribution in [0, 0.1) is 0 Å². The molecular weight excluding hydrogens is 170 g/mol. The normalized spacial score (nSPS) is 30.0. The van der Waals surface area contributed by atoms with Crippen LogP contribution in [-0.4, -0.2) is 43.7 Å². The quantitative estimate of drug-likeness (QED) is 0.648. The fraction of sp³-hybridized carbons (Fsp3) is 1.00. The molecule has 78 valence electrons. The number of hydrogen-bond acceptors (Lipinski definition) is 4. The fourth-order valence-electron chi connectivity index (χ4n) is 1.65. The van der Waals surface area contributed by atoms with Crippen molar-refractivity contribution in [2.45, 2.75) is 24.9 Å². The molecule has 4 nitrogen and oxygen atoms in total. The van der Waals surface area contributed by atoms with Crippen molar-refractivity contribution in [2.75, 3.05) is 33.0 Å². The fourth-order valence-corrected chi connectivity index (χ4v) is 1.65. The number of ether oxygens (including phenoxy) is 2. The molecule has 3 N–H and O–H groups in total. The predicted molar refractivity (Wildman–Crippen MR) is 49.5 cm³/mol. The molecule has 0 aromatic carbocycles. The highest BCUT2D eigenvalue weighted by atomic mass is 16.5. The van der Waals surface area contributed by atoms with Crippen LogP contribution in [0.5, 0.6) is 0 Å². The van der Waals surface area contributed by atoms with Crippen molar-refractivity contribution < 1.29 is 14.6 Å². The SMILES string of the molecule is NCC1(OCCO)CCCOCC1. The molecule has 0 aromatic heterocycles. The van der Waals surface area contributed by atoms with E-state index in [-0.39, 0.29) is 12.2 Å². The van der Waals surface area contributed by atoms with Crippen LogP contribution in [0.1, 0.15) is 19.3 Å². The molecule has 1 unspecified atom stereocenters. The van der Waals surface area contributed by atoms with Gasteiger partial charge in [0, 0.05) is 26.2 Å². The van der Waals surface area contributed by atoms with Gasteiger partial charge in [0.1, 0.15) is 0 Å². The van der Waals surface area contributed by atoms with Gasteiger partial charge < -0.3 is 20.3 Å². The first-order chi connectivity index (χ1) is 6.33. The molecule has 13 heavy (non-hydrogen) atoms. The van der Waals surface area contributed by atoms with E-state index in [1.165, 1.54) is 0 Å². The van der Waals surface area contributed by atoms with Crippen molar-refractivity contribution in [2.24, 2.45) is 5.73 Å². The summed E-state index contributed by atoms with van der Waals surface area (Å²) in [5.74, 6) is 0. The van der Waals surface area contributed by atoms with Gasteiger partial charge in [0.2, 0.25) is 0 Å². The molecule has 0 aromatic rings. The van der Waals surface area contributed by atoms with Crippen LogP contribution in [-0.2, 0) is 9.47 Å². The molecule has 1 aliphatic heterocycles. The Hall–Kier alpha value is -0.160. The summed E-state index contributed by atoms with van der Waals surface area (Å²) in [6, 6.07) is 0. The third-order valence-electron chi connectivity index (χ3n) is 2.49. The van der Waals surface area contributed by atoms with Crippen molar-refractivity contribution in [3.05, 3.63) is 0 Å². The number of nitrogens with two attached hydrogens (primary N) is 1. The second-order valence-corrected chi connectivity index (χ2v) is 3.43. The molecular formula is C9H19NO3. The maximum atomic E-state index is 8.68. The lowest BCUT2D eigenvalue weighted by molar-refractivity contribution is -0.0632. The molecule has 0 amide bonds. The van der Waals surface area contributed by atoms with E-state index in [2.05, 4.69) is 0 Å². The Morgan fingerprint density at radius 2 is 2.23 bits per heavy atom. The van der Waals surface area contributed by atoms with E-state index in [9.17, 15) is 0 Å². The second kappa shape index (κ2) is 5.54. The molecule has 0 bridgehead atoms. The Balaban J connectivity index is 2.43. The summed E-state index contributed by atoms with van der Waals surface area (Å²) in [5.41, 5.74) is 5.44. The zero-order chi connectivity index (χ0) is 9.57. The number of aliphatic hydroxyl groups is 1. The average Bonchev–Trinajstić information content (AvgIpc) is 2.41. The van der Waals surface area contributed by atoms with Crippen molar-refractivity contribution in [1.29, 1.82) is 0 Å². The number of hydrogen-bond donors (Lipinski definition) is 2. The van der Waals surface area contributed by atoms with Gasteiger partial charge in [-0.2, -0.15) is 0 Å². The summed E-state index contributed by atoms with van der Waals surface area (Å²) in [4.78, 5) is 0. The molecule has 1 fully saturated rings. The highest BCUT2D eigenvalue weighted by Crippen LogP contribution is 2.24. The Morgan fingerprint density at radius 1 is 1.38 bits per heavy atom. The molecule has 1 saturated heterocycles. The molecule has 4 heteroatoms. The smallest absolute Gasteiger partial charge is 0.0828 e. The van der Waals surface area contributed by atoms with Gasteiger partial charge in [0.25, 0.3) is 0 Å². The lowest BCUT2D eigenvalue weighted by Gasteiger charge is -2.30. The predicted octanol–water partition coefficient (Wildman–Crippen LogP) is -0.107. The minimum atomic E-state index is -0.251. The van der Waals surface area contributed by atoms with Crippen LogP contribution < -0.4 is 5.73 Å². The van der Waals surface area contributed by atoms with Crippen molar-refractivity contribution >= 4 is 0 Å². The second-order valence-electron chi connectivity index (χ2n) is 3.43. The molecule has 1 heterocycles. The Kier molecular flexibility index (Phi) is 4.66. The first kappa shape index (κ1) is 10.9. The van der Waals surface area contributed by atoms with Gasteiger partial charge in [-0.3, -0.25) is 0 Å². The van der Waals surface area contributed by atoms with E-state index in [0.29, 0.717) is 19.8 Å². The monoisotopic (exact) mass is 189 g/mol. The van der Waals surface area contributed by atoms with Crippen LogP contribution in [0.25, 0.3) is 0 Å². The first-order valence-corrected chi connectivity index (χ1v) is 4.86. The Morgan fingerprint density at radius 3 is 2.92 bits per heavy atom. The maximum Gasteiger partial charge on any atom is 0.0828 e. The van der Waals surface area contributed by atoms with Gasteiger partial charge in [0.15, 0.2) is 0 Å². The minimum absolute atomic E-state index is 0.0581. The highest BCUT2D eigenvalue weighted by Gasteiger charge is 2.30. The van der Waals surface area contributed by atoms with Crippen LogP contribution in [0.4, 0.5) is 0 Å². The van der Waals surface area contributed by atoms with E-state index in [1.54, 1.807) is 0 Å². The standard InChI is InChI=1S/C9H19NO3/c10-8-9(13-7-4-11)2-1-5-12-6-3-9/h11H,1-8,10H2. The summed E-state index contributed by atoms with van der Waals surface area (Å²) in [7, 11) is 0. The Bertz CT molecular complexity index is 133. The minimum Gasteiger partial charge on any atom is -0.394 e. The lowest BCUT2D eigenvalue weighted by Crippen LogP contribution is -2.41. The number of rotatable bonds is 4. The van der Waals surface area contributed by atoms with Gasteiger partial charge >= 0.3 is 0 Å². The molecule has 0 spiro atoms. The van der Waals surface area contributed by atoms with E-state index in [1.807, 2.05) is 0 Å². The molecule has 1 rings (SSSR count). The van der Waals surface area contributed by atoms with Gasteiger partial charge in [-0.1, -0.05) is 0 Å². The van der Waals surface area contributed by atoms with Crippen LogP contribution in [0.3, 0.4) is 0 Å². The molecule has 0 aliphatic carbocycles. The van der Waals surface area contributed by atoms with E-state index in [4.69, 9.17) is 20.3 Å². The van der Waals surface area contributed by atoms with Crippen molar-refractivity contribution in [3.8, 4) is 0 Å². The Labute approximate surface area is 79.0 Å². The average molecular weight is 189 g/mol. The molecule has 1 atom stereocenters. The number of aliphatic hydroxyl groups excluding tert-OH is 1. The largest absolute Gasteiger partial charge is 0.394 e. The van der Waals surface area contributed by atoms with Gasteiger partial charge in [0.05, 0.1) is 18.8 Å². The first-order valence-electron chi connectivity index (χ1n) is 4.86. The summed E-state index contributed by atoms with van der Waals surface area (Å²) in [6.07, 6.45) is 2.76. The zero-order valence-electron chi connectivity index (χ0n) is 8.00. The highest BCUT2D eigenvalue weighted by molar-refractivity contribution is 4.83. The van der Waals surface area contributed by atoms with Crippen molar-refractivity contribution in [3.63, 3.8) is 0 Å². The topological polar surface area (TPSA) is 64.7 Å². The van der Waals surface area contributed by atoms with E-state index < -0.39 is 0 Å². The lowest BCUT2D eigenvalue weighted by atomic mass is 9.95. The summed E-state index contributed by atoms with van der Waals surface area (Å²) in [5, 5.41) is 8.68. The van der Waals surface area contributed by atoms with Crippen LogP contribution in [0.15, 0.2) is 0 Å². The summed E-state index contributed by atoms with van der Waals surface area (Å²) >= 11 is 0.